The third-order valence-electron chi connectivity index (χ3n) is 4.49. The number of carbonyl (C=O) groups excluding carboxylic acids is 1. The largest absolute Gasteiger partial charge is 0.490 e. The van der Waals surface area contributed by atoms with Crippen molar-refractivity contribution in [2.24, 2.45) is 5.10 Å². The molecule has 1 amide bonds. The van der Waals surface area contributed by atoms with Crippen molar-refractivity contribution in [3.8, 4) is 5.75 Å². The van der Waals surface area contributed by atoms with E-state index in [1.165, 1.54) is 25.5 Å². The monoisotopic (exact) mass is 405 g/mol. The molecule has 0 saturated heterocycles. The summed E-state index contributed by atoms with van der Waals surface area (Å²) in [4.78, 5) is 23.5. The van der Waals surface area contributed by atoms with Crippen LogP contribution in [-0.2, 0) is 10.4 Å². The predicted octanol–water partition coefficient (Wildman–Crippen LogP) is 2.99. The molecule has 0 aromatic heterocycles. The second-order valence-corrected chi connectivity index (χ2v) is 6.33. The molecule has 0 heterocycles. The number of ether oxygens (including phenoxy) is 1. The van der Waals surface area contributed by atoms with Crippen LogP contribution in [0, 0.1) is 10.1 Å². The number of nitro benzene ring substituents is 1. The minimum atomic E-state index is -1.97. The number of hydrazone groups is 1. The average molecular weight is 405 g/mol. The van der Waals surface area contributed by atoms with Crippen LogP contribution in [0.5, 0.6) is 5.75 Å². The lowest BCUT2D eigenvalue weighted by Gasteiger charge is -2.27. The molecule has 3 rings (SSSR count). The van der Waals surface area contributed by atoms with E-state index in [1.54, 1.807) is 66.7 Å². The molecule has 0 fully saturated rings. The van der Waals surface area contributed by atoms with Gasteiger partial charge in [-0.05, 0) is 23.3 Å². The van der Waals surface area contributed by atoms with Crippen LogP contribution >= 0.6 is 0 Å². The zero-order valence-corrected chi connectivity index (χ0v) is 16.1. The van der Waals surface area contributed by atoms with Crippen LogP contribution in [0.3, 0.4) is 0 Å². The number of nitrogens with zero attached hydrogens (tertiary/aromatic N) is 2. The second kappa shape index (κ2) is 8.97. The summed E-state index contributed by atoms with van der Waals surface area (Å²) < 4.78 is 4.96. The molecule has 2 N–H and O–H groups in total. The molecule has 0 aliphatic heterocycles. The van der Waals surface area contributed by atoms with Gasteiger partial charge in [-0.15, -0.1) is 0 Å². The molecule has 0 aliphatic rings. The predicted molar refractivity (Wildman–Crippen MR) is 111 cm³/mol. The number of carbonyl (C=O) groups is 1. The summed E-state index contributed by atoms with van der Waals surface area (Å²) in [5, 5.41) is 26.3. The lowest BCUT2D eigenvalue weighted by Crippen LogP contribution is -2.43. The standard InChI is InChI=1S/C22H19N3O5/c1-30-20-13-12-16(14-19(20)25(28)29)15-23-24-21(26)22(27,17-8-4-2-5-9-17)18-10-6-3-7-11-18/h2-15,27H,1H3,(H,24,26)/b23-15-. The van der Waals surface area contributed by atoms with Gasteiger partial charge in [0, 0.05) is 11.6 Å². The van der Waals surface area contributed by atoms with Crippen molar-refractivity contribution in [2.45, 2.75) is 5.60 Å². The maximum atomic E-state index is 12.9. The normalized spacial score (nSPS) is 11.3. The third-order valence-corrected chi connectivity index (χ3v) is 4.49. The van der Waals surface area contributed by atoms with Crippen LogP contribution in [-0.4, -0.2) is 29.3 Å². The summed E-state index contributed by atoms with van der Waals surface area (Å²) in [6.45, 7) is 0. The molecule has 0 saturated carbocycles. The van der Waals surface area contributed by atoms with E-state index in [0.717, 1.165) is 0 Å². The van der Waals surface area contributed by atoms with Crippen LogP contribution in [0.1, 0.15) is 16.7 Å². The lowest BCUT2D eigenvalue weighted by molar-refractivity contribution is -0.385. The quantitative estimate of drug-likeness (QED) is 0.356. The first-order valence-electron chi connectivity index (χ1n) is 8.96. The highest BCUT2D eigenvalue weighted by atomic mass is 16.6. The maximum Gasteiger partial charge on any atom is 0.311 e. The van der Waals surface area contributed by atoms with E-state index >= 15 is 0 Å². The first-order chi connectivity index (χ1) is 14.5. The van der Waals surface area contributed by atoms with E-state index in [9.17, 15) is 20.0 Å². The highest BCUT2D eigenvalue weighted by molar-refractivity contribution is 5.91. The van der Waals surface area contributed by atoms with Gasteiger partial charge >= 0.3 is 5.69 Å². The number of aliphatic hydroxyl groups is 1. The number of nitrogens with one attached hydrogen (secondary N) is 1. The lowest BCUT2D eigenvalue weighted by atomic mass is 9.85. The van der Waals surface area contributed by atoms with Gasteiger partial charge in [-0.2, -0.15) is 5.10 Å². The van der Waals surface area contributed by atoms with Gasteiger partial charge in [0.1, 0.15) is 0 Å². The summed E-state index contributed by atoms with van der Waals surface area (Å²) >= 11 is 0. The molecule has 30 heavy (non-hydrogen) atoms. The summed E-state index contributed by atoms with van der Waals surface area (Å²) in [5.74, 6) is -0.650. The Morgan fingerprint density at radius 1 is 1.07 bits per heavy atom. The molecule has 8 heteroatoms. The van der Waals surface area contributed by atoms with Crippen molar-refractivity contribution in [1.82, 2.24) is 5.43 Å². The van der Waals surface area contributed by atoms with Gasteiger partial charge in [0.25, 0.3) is 5.91 Å². The molecule has 0 aliphatic carbocycles. The molecule has 8 nitrogen and oxygen atoms in total. The Bertz CT molecular complexity index is 1030. The van der Waals surface area contributed by atoms with Gasteiger partial charge in [-0.3, -0.25) is 14.9 Å². The number of rotatable bonds is 7. The topological polar surface area (TPSA) is 114 Å². The van der Waals surface area contributed by atoms with E-state index in [0.29, 0.717) is 16.7 Å². The Kier molecular flexibility index (Phi) is 6.19. The van der Waals surface area contributed by atoms with Crippen molar-refractivity contribution in [3.63, 3.8) is 0 Å². The number of amides is 1. The van der Waals surface area contributed by atoms with Crippen LogP contribution in [0.4, 0.5) is 5.69 Å². The molecule has 3 aromatic carbocycles. The average Bonchev–Trinajstić information content (AvgIpc) is 2.79. The number of nitro groups is 1. The maximum absolute atomic E-state index is 12.9. The highest BCUT2D eigenvalue weighted by Gasteiger charge is 2.39. The summed E-state index contributed by atoms with van der Waals surface area (Å²) in [6.07, 6.45) is 1.25. The molecule has 0 atom stereocenters. The number of hydrogen-bond acceptors (Lipinski definition) is 6. The van der Waals surface area contributed by atoms with Crippen molar-refractivity contribution in [1.29, 1.82) is 0 Å². The van der Waals surface area contributed by atoms with Crippen LogP contribution < -0.4 is 10.2 Å². The number of benzene rings is 3. The van der Waals surface area contributed by atoms with E-state index in [2.05, 4.69) is 10.5 Å². The summed E-state index contributed by atoms with van der Waals surface area (Å²) in [5.41, 5.74) is 1.27. The fraction of sp³-hybridized carbons (Fsp3) is 0.0909. The zero-order chi connectivity index (χ0) is 21.6. The van der Waals surface area contributed by atoms with E-state index < -0.39 is 16.4 Å². The Hall–Kier alpha value is -4.04. The minimum Gasteiger partial charge on any atom is -0.490 e. The van der Waals surface area contributed by atoms with Gasteiger partial charge in [0.05, 0.1) is 18.2 Å². The van der Waals surface area contributed by atoms with Gasteiger partial charge in [-0.1, -0.05) is 60.7 Å². The highest BCUT2D eigenvalue weighted by Crippen LogP contribution is 2.30. The van der Waals surface area contributed by atoms with Crippen LogP contribution in [0.15, 0.2) is 84.0 Å². The Morgan fingerprint density at radius 2 is 1.63 bits per heavy atom. The Labute approximate surface area is 172 Å². The molecule has 0 radical (unpaired) electrons. The molecule has 152 valence electrons. The van der Waals surface area contributed by atoms with E-state index in [1.807, 2.05) is 0 Å². The fourth-order valence-electron chi connectivity index (χ4n) is 2.96. The Morgan fingerprint density at radius 3 is 2.13 bits per heavy atom. The van der Waals surface area contributed by atoms with Gasteiger partial charge in [0.15, 0.2) is 11.4 Å². The van der Waals surface area contributed by atoms with Crippen LogP contribution in [0.2, 0.25) is 0 Å². The van der Waals surface area contributed by atoms with E-state index in [-0.39, 0.29) is 11.4 Å². The molecule has 0 spiro atoms. The number of methoxy groups -OCH3 is 1. The van der Waals surface area contributed by atoms with Crippen molar-refractivity contribution >= 4 is 17.8 Å². The minimum absolute atomic E-state index is 0.115. The fourth-order valence-corrected chi connectivity index (χ4v) is 2.96. The first kappa shape index (κ1) is 20.7. The molecule has 0 bridgehead atoms. The van der Waals surface area contributed by atoms with Gasteiger partial charge in [0.2, 0.25) is 0 Å². The van der Waals surface area contributed by atoms with Crippen molar-refractivity contribution in [2.75, 3.05) is 7.11 Å². The van der Waals surface area contributed by atoms with Gasteiger partial charge < -0.3 is 9.84 Å². The second-order valence-electron chi connectivity index (χ2n) is 6.33. The smallest absolute Gasteiger partial charge is 0.311 e. The van der Waals surface area contributed by atoms with Crippen molar-refractivity contribution in [3.05, 3.63) is 106 Å². The van der Waals surface area contributed by atoms with E-state index in [4.69, 9.17) is 4.74 Å². The summed E-state index contributed by atoms with van der Waals surface area (Å²) in [7, 11) is 1.34. The molecular weight excluding hydrogens is 386 g/mol. The number of hydrogen-bond donors (Lipinski definition) is 2. The van der Waals surface area contributed by atoms with Gasteiger partial charge in [-0.25, -0.2) is 5.43 Å². The van der Waals surface area contributed by atoms with Crippen LogP contribution in [0.25, 0.3) is 0 Å². The van der Waals surface area contributed by atoms with Crippen molar-refractivity contribution < 1.29 is 19.6 Å². The molecule has 3 aromatic rings. The summed E-state index contributed by atoms with van der Waals surface area (Å²) in [6, 6.07) is 21.3. The first-order valence-corrected chi connectivity index (χ1v) is 8.96. The SMILES string of the molecule is COc1ccc(/C=N\NC(=O)C(O)(c2ccccc2)c2ccccc2)cc1[N+](=O)[O-]. The molecular formula is C22H19N3O5. The molecule has 0 unspecified atom stereocenters. The zero-order valence-electron chi connectivity index (χ0n) is 16.1. The Balaban J connectivity index is 1.87. The third kappa shape index (κ3) is 4.18.